The Bertz CT molecular complexity index is 134. The fraction of sp³-hybridized carbons (Fsp3) is 0.900. The van der Waals surface area contributed by atoms with Gasteiger partial charge in [0.25, 0.3) is 0 Å². The van der Waals surface area contributed by atoms with Crippen LogP contribution in [0.25, 0.3) is 0 Å². The minimum atomic E-state index is -0.328. The predicted octanol–water partition coefficient (Wildman–Crippen LogP) is 2.32. The molecule has 0 aromatic heterocycles. The first kappa shape index (κ1) is 15.8. The molecule has 0 aliphatic heterocycles. The zero-order chi connectivity index (χ0) is 11.6. The van der Waals surface area contributed by atoms with Gasteiger partial charge in [0.15, 0.2) is 0 Å². The zero-order valence-corrected chi connectivity index (χ0v) is 10.0. The van der Waals surface area contributed by atoms with E-state index in [2.05, 4.69) is 9.78 Å². The quantitative estimate of drug-likeness (QED) is 0.308. The maximum absolute atomic E-state index is 10.2. The van der Waals surface area contributed by atoms with E-state index in [0.717, 1.165) is 0 Å². The van der Waals surface area contributed by atoms with Crippen LogP contribution in [0.4, 0.5) is 0 Å². The fourth-order valence-corrected chi connectivity index (χ4v) is 0.598. The van der Waals surface area contributed by atoms with E-state index >= 15 is 0 Å². The summed E-state index contributed by atoms with van der Waals surface area (Å²) in [6.45, 7) is 12.0. The van der Waals surface area contributed by atoms with Crippen molar-refractivity contribution in [2.45, 2.75) is 47.1 Å². The SMILES string of the molecule is CC(=O)OC(C)(C)C.CCOOCC. The van der Waals surface area contributed by atoms with Crippen LogP contribution in [-0.2, 0) is 19.3 Å². The molecular weight excluding hydrogens is 184 g/mol. The van der Waals surface area contributed by atoms with Crippen LogP contribution in [0.3, 0.4) is 0 Å². The Hall–Kier alpha value is -0.610. The molecule has 0 unspecified atom stereocenters. The van der Waals surface area contributed by atoms with Crippen LogP contribution in [0.15, 0.2) is 0 Å². The molecule has 0 spiro atoms. The number of hydrogen-bond donors (Lipinski definition) is 0. The van der Waals surface area contributed by atoms with E-state index in [4.69, 9.17) is 4.74 Å². The number of carbonyl (C=O) groups excluding carboxylic acids is 1. The number of rotatable bonds is 3. The minimum Gasteiger partial charge on any atom is -0.460 e. The van der Waals surface area contributed by atoms with Crippen LogP contribution in [0.2, 0.25) is 0 Å². The number of esters is 1. The van der Waals surface area contributed by atoms with E-state index in [-0.39, 0.29) is 11.6 Å². The summed E-state index contributed by atoms with van der Waals surface area (Å²) in [7, 11) is 0. The van der Waals surface area contributed by atoms with Crippen molar-refractivity contribution in [1.82, 2.24) is 0 Å². The van der Waals surface area contributed by atoms with Gasteiger partial charge in [-0.3, -0.25) is 4.79 Å². The number of hydrogen-bond acceptors (Lipinski definition) is 4. The van der Waals surface area contributed by atoms with E-state index in [1.165, 1.54) is 6.92 Å². The molecule has 0 bridgehead atoms. The van der Waals surface area contributed by atoms with Crippen molar-refractivity contribution in [2.24, 2.45) is 0 Å². The summed E-state index contributed by atoms with van der Waals surface area (Å²) in [5, 5.41) is 0. The Kier molecular flexibility index (Phi) is 10.1. The smallest absolute Gasteiger partial charge is 0.303 e. The summed E-state index contributed by atoms with van der Waals surface area (Å²) in [6.07, 6.45) is 0. The Morgan fingerprint density at radius 2 is 1.43 bits per heavy atom. The van der Waals surface area contributed by atoms with Gasteiger partial charge in [-0.2, -0.15) is 0 Å². The van der Waals surface area contributed by atoms with Crippen LogP contribution in [0.1, 0.15) is 41.5 Å². The summed E-state index contributed by atoms with van der Waals surface area (Å²) < 4.78 is 4.80. The fourth-order valence-electron chi connectivity index (χ4n) is 0.598. The second-order valence-electron chi connectivity index (χ2n) is 3.52. The molecule has 14 heavy (non-hydrogen) atoms. The van der Waals surface area contributed by atoms with E-state index in [1.54, 1.807) is 0 Å². The molecule has 0 heterocycles. The Labute approximate surface area is 86.5 Å². The molecule has 0 amide bonds. The predicted molar refractivity (Wildman–Crippen MR) is 54.8 cm³/mol. The van der Waals surface area contributed by atoms with Crippen molar-refractivity contribution in [3.8, 4) is 0 Å². The highest BCUT2D eigenvalue weighted by Crippen LogP contribution is 2.05. The van der Waals surface area contributed by atoms with Gasteiger partial charge in [0.2, 0.25) is 0 Å². The molecule has 86 valence electrons. The highest BCUT2D eigenvalue weighted by molar-refractivity contribution is 5.66. The molecule has 0 saturated heterocycles. The molecule has 4 heteroatoms. The van der Waals surface area contributed by atoms with Crippen LogP contribution >= 0.6 is 0 Å². The molecule has 0 fully saturated rings. The molecule has 0 aromatic rings. The average Bonchev–Trinajstić information content (AvgIpc) is 1.97. The van der Waals surface area contributed by atoms with Crippen molar-refractivity contribution in [2.75, 3.05) is 13.2 Å². The van der Waals surface area contributed by atoms with Gasteiger partial charge in [0, 0.05) is 6.92 Å². The van der Waals surface area contributed by atoms with Crippen LogP contribution in [0, 0.1) is 0 Å². The molecule has 0 atom stereocenters. The van der Waals surface area contributed by atoms with Crippen molar-refractivity contribution in [3.05, 3.63) is 0 Å². The van der Waals surface area contributed by atoms with Crippen LogP contribution in [0.5, 0.6) is 0 Å². The normalized spacial score (nSPS) is 10.1. The van der Waals surface area contributed by atoms with Gasteiger partial charge in [-0.15, -0.1) is 0 Å². The van der Waals surface area contributed by atoms with Crippen LogP contribution in [-0.4, -0.2) is 24.8 Å². The molecule has 0 aliphatic carbocycles. The standard InChI is InChI=1S/C6H12O2.C4H10O2/c1-5(7)8-6(2,3)4;1-3-5-6-4-2/h1-4H3;3-4H2,1-2H3. The van der Waals surface area contributed by atoms with Gasteiger partial charge in [-0.25, -0.2) is 9.78 Å². The van der Waals surface area contributed by atoms with E-state index in [0.29, 0.717) is 13.2 Å². The summed E-state index contributed by atoms with van der Waals surface area (Å²) in [6, 6.07) is 0. The summed E-state index contributed by atoms with van der Waals surface area (Å²) >= 11 is 0. The molecule has 0 N–H and O–H groups in total. The van der Waals surface area contributed by atoms with E-state index in [9.17, 15) is 4.79 Å². The van der Waals surface area contributed by atoms with Gasteiger partial charge in [-0.1, -0.05) is 0 Å². The second kappa shape index (κ2) is 8.97. The van der Waals surface area contributed by atoms with Crippen molar-refractivity contribution >= 4 is 5.97 Å². The van der Waals surface area contributed by atoms with Gasteiger partial charge >= 0.3 is 5.97 Å². The third-order valence-corrected chi connectivity index (χ3v) is 0.769. The Morgan fingerprint density at radius 3 is 1.50 bits per heavy atom. The zero-order valence-electron chi connectivity index (χ0n) is 10.0. The molecule has 4 nitrogen and oxygen atoms in total. The largest absolute Gasteiger partial charge is 0.460 e. The van der Waals surface area contributed by atoms with Crippen molar-refractivity contribution in [3.63, 3.8) is 0 Å². The lowest BCUT2D eigenvalue weighted by Crippen LogP contribution is -2.21. The first-order valence-corrected chi connectivity index (χ1v) is 4.77. The van der Waals surface area contributed by atoms with Crippen molar-refractivity contribution in [1.29, 1.82) is 0 Å². The lowest BCUT2D eigenvalue weighted by molar-refractivity contribution is -0.287. The van der Waals surface area contributed by atoms with E-state index in [1.807, 2.05) is 34.6 Å². The summed E-state index contributed by atoms with van der Waals surface area (Å²) in [4.78, 5) is 19.2. The first-order chi connectivity index (χ1) is 6.33. The molecular formula is C10H22O4. The van der Waals surface area contributed by atoms with Crippen LogP contribution < -0.4 is 0 Å². The third-order valence-electron chi connectivity index (χ3n) is 0.769. The molecule has 0 radical (unpaired) electrons. The van der Waals surface area contributed by atoms with Crippen molar-refractivity contribution < 1.29 is 19.3 Å². The lowest BCUT2D eigenvalue weighted by Gasteiger charge is -2.17. The topological polar surface area (TPSA) is 44.8 Å². The van der Waals surface area contributed by atoms with Gasteiger partial charge in [0.05, 0.1) is 13.2 Å². The first-order valence-electron chi connectivity index (χ1n) is 4.77. The Balaban J connectivity index is 0. The molecule has 0 aliphatic rings. The maximum atomic E-state index is 10.2. The van der Waals surface area contributed by atoms with E-state index < -0.39 is 0 Å². The maximum Gasteiger partial charge on any atom is 0.303 e. The molecule has 0 rings (SSSR count). The highest BCUT2D eigenvalue weighted by Gasteiger charge is 2.11. The second-order valence-corrected chi connectivity index (χ2v) is 3.52. The lowest BCUT2D eigenvalue weighted by atomic mass is 10.2. The molecule has 0 saturated carbocycles. The monoisotopic (exact) mass is 206 g/mol. The van der Waals surface area contributed by atoms with Gasteiger partial charge < -0.3 is 4.74 Å². The van der Waals surface area contributed by atoms with Gasteiger partial charge in [0.1, 0.15) is 5.60 Å². The number of carbonyl (C=O) groups is 1. The average molecular weight is 206 g/mol. The molecule has 0 aromatic carbocycles. The minimum absolute atomic E-state index is 0.225. The Morgan fingerprint density at radius 1 is 1.07 bits per heavy atom. The highest BCUT2D eigenvalue weighted by atomic mass is 17.2. The van der Waals surface area contributed by atoms with Gasteiger partial charge in [-0.05, 0) is 34.6 Å². The summed E-state index contributed by atoms with van der Waals surface area (Å²) in [5.74, 6) is -0.225. The summed E-state index contributed by atoms with van der Waals surface area (Å²) in [5.41, 5.74) is -0.328. The number of ether oxygens (including phenoxy) is 1. The third kappa shape index (κ3) is 22.5.